The SMILES string of the molecule is O=C(CCc1ccccc1)Nc1c(C(=O)O)nc2n(c1=O)CCC2. The molecule has 24 heavy (non-hydrogen) atoms. The Balaban J connectivity index is 1.80. The largest absolute Gasteiger partial charge is 0.476 e. The maximum Gasteiger partial charge on any atom is 0.356 e. The fourth-order valence-electron chi connectivity index (χ4n) is 2.79. The summed E-state index contributed by atoms with van der Waals surface area (Å²) in [6, 6.07) is 9.46. The Morgan fingerprint density at radius 3 is 2.71 bits per heavy atom. The van der Waals surface area contributed by atoms with E-state index in [1.165, 1.54) is 4.57 Å². The Morgan fingerprint density at radius 2 is 2.00 bits per heavy atom. The number of nitrogens with zero attached hydrogens (tertiary/aromatic N) is 2. The van der Waals surface area contributed by atoms with E-state index in [4.69, 9.17) is 0 Å². The molecule has 1 amide bonds. The van der Waals surface area contributed by atoms with Crippen LogP contribution in [-0.4, -0.2) is 26.5 Å². The molecule has 2 N–H and O–H groups in total. The first-order valence-electron chi connectivity index (χ1n) is 7.77. The number of amides is 1. The number of rotatable bonds is 5. The molecule has 0 fully saturated rings. The van der Waals surface area contributed by atoms with Gasteiger partial charge >= 0.3 is 5.97 Å². The van der Waals surface area contributed by atoms with Gasteiger partial charge < -0.3 is 10.4 Å². The quantitative estimate of drug-likeness (QED) is 0.866. The summed E-state index contributed by atoms with van der Waals surface area (Å²) in [5.41, 5.74) is -0.134. The molecule has 1 aliphatic heterocycles. The van der Waals surface area contributed by atoms with Crippen LogP contribution >= 0.6 is 0 Å². The van der Waals surface area contributed by atoms with Crippen LogP contribution in [-0.2, 0) is 24.2 Å². The summed E-state index contributed by atoms with van der Waals surface area (Å²) in [6.45, 7) is 0.494. The maximum absolute atomic E-state index is 12.4. The molecule has 0 aliphatic carbocycles. The lowest BCUT2D eigenvalue weighted by Crippen LogP contribution is -2.30. The average molecular weight is 327 g/mol. The Bertz CT molecular complexity index is 843. The van der Waals surface area contributed by atoms with Gasteiger partial charge in [-0.1, -0.05) is 30.3 Å². The van der Waals surface area contributed by atoms with Crippen LogP contribution < -0.4 is 10.9 Å². The van der Waals surface area contributed by atoms with Crippen LogP contribution in [0.5, 0.6) is 0 Å². The molecule has 7 nitrogen and oxygen atoms in total. The molecule has 3 rings (SSSR count). The van der Waals surface area contributed by atoms with Gasteiger partial charge in [0.15, 0.2) is 5.69 Å². The maximum atomic E-state index is 12.4. The number of benzene rings is 1. The number of aryl methyl sites for hydroxylation is 2. The van der Waals surface area contributed by atoms with Crippen molar-refractivity contribution < 1.29 is 14.7 Å². The number of aromatic carboxylic acids is 1. The summed E-state index contributed by atoms with van der Waals surface area (Å²) in [7, 11) is 0. The molecule has 1 aromatic carbocycles. The number of carboxylic acids is 1. The van der Waals surface area contributed by atoms with E-state index in [1.54, 1.807) is 0 Å². The number of carbonyl (C=O) groups is 2. The van der Waals surface area contributed by atoms with Gasteiger partial charge in [-0.3, -0.25) is 14.2 Å². The van der Waals surface area contributed by atoms with Crippen LogP contribution in [0.1, 0.15) is 34.7 Å². The number of fused-ring (bicyclic) bond motifs is 1. The second-order valence-corrected chi connectivity index (χ2v) is 5.65. The molecular weight excluding hydrogens is 310 g/mol. The number of carboxylic acid groups (broad SMARTS) is 1. The fraction of sp³-hybridized carbons (Fsp3) is 0.294. The van der Waals surface area contributed by atoms with E-state index in [0.717, 1.165) is 12.0 Å². The molecule has 0 bridgehead atoms. The molecule has 0 unspecified atom stereocenters. The standard InChI is InChI=1S/C17H17N3O4/c21-13(9-8-11-5-2-1-3-6-11)19-14-15(17(23)24)18-12-7-4-10-20(12)16(14)22/h1-3,5-6H,4,7-10H2,(H,19,21)(H,23,24). The van der Waals surface area contributed by atoms with Crippen molar-refractivity contribution in [3.63, 3.8) is 0 Å². The van der Waals surface area contributed by atoms with Crippen molar-refractivity contribution in [2.75, 3.05) is 5.32 Å². The summed E-state index contributed by atoms with van der Waals surface area (Å²) in [4.78, 5) is 40.0. The van der Waals surface area contributed by atoms with E-state index in [0.29, 0.717) is 25.2 Å². The monoisotopic (exact) mass is 327 g/mol. The number of aromatic nitrogens is 2. The van der Waals surface area contributed by atoms with Crippen molar-refractivity contribution in [2.45, 2.75) is 32.2 Å². The van der Waals surface area contributed by atoms with Crippen molar-refractivity contribution in [1.29, 1.82) is 0 Å². The topological polar surface area (TPSA) is 101 Å². The third-order valence-corrected chi connectivity index (χ3v) is 3.98. The summed E-state index contributed by atoms with van der Waals surface area (Å²) < 4.78 is 1.43. The Kier molecular flexibility index (Phi) is 4.41. The predicted molar refractivity (Wildman–Crippen MR) is 87.2 cm³/mol. The van der Waals surface area contributed by atoms with Gasteiger partial charge in [0.1, 0.15) is 11.5 Å². The number of carbonyl (C=O) groups excluding carboxylic acids is 1. The Labute approximate surface area is 138 Å². The van der Waals surface area contributed by atoms with Gasteiger partial charge in [-0.15, -0.1) is 0 Å². The fourth-order valence-corrected chi connectivity index (χ4v) is 2.79. The van der Waals surface area contributed by atoms with Gasteiger partial charge in [0.2, 0.25) is 5.91 Å². The molecule has 1 aliphatic rings. The van der Waals surface area contributed by atoms with Crippen LogP contribution in [0.15, 0.2) is 35.1 Å². The summed E-state index contributed by atoms with van der Waals surface area (Å²) >= 11 is 0. The zero-order valence-electron chi connectivity index (χ0n) is 13.0. The van der Waals surface area contributed by atoms with E-state index in [9.17, 15) is 19.5 Å². The van der Waals surface area contributed by atoms with Gasteiger partial charge in [-0.2, -0.15) is 0 Å². The van der Waals surface area contributed by atoms with E-state index >= 15 is 0 Å². The molecule has 0 spiro atoms. The van der Waals surface area contributed by atoms with Crippen molar-refractivity contribution >= 4 is 17.6 Å². The van der Waals surface area contributed by atoms with Crippen LogP contribution in [0.4, 0.5) is 5.69 Å². The molecule has 7 heteroatoms. The van der Waals surface area contributed by atoms with Gasteiger partial charge in [0, 0.05) is 19.4 Å². The molecule has 0 saturated heterocycles. The Morgan fingerprint density at radius 1 is 1.25 bits per heavy atom. The molecule has 2 heterocycles. The summed E-state index contributed by atoms with van der Waals surface area (Å²) in [5, 5.41) is 11.7. The minimum atomic E-state index is -1.32. The van der Waals surface area contributed by atoms with Crippen LogP contribution in [0.2, 0.25) is 0 Å². The minimum Gasteiger partial charge on any atom is -0.476 e. The number of anilines is 1. The van der Waals surface area contributed by atoms with Crippen molar-refractivity contribution in [1.82, 2.24) is 9.55 Å². The van der Waals surface area contributed by atoms with E-state index in [2.05, 4.69) is 10.3 Å². The van der Waals surface area contributed by atoms with E-state index in [-0.39, 0.29) is 17.8 Å². The lowest BCUT2D eigenvalue weighted by atomic mass is 10.1. The zero-order valence-corrected chi connectivity index (χ0v) is 13.0. The predicted octanol–water partition coefficient (Wildman–Crippen LogP) is 1.46. The number of nitrogens with one attached hydrogen (secondary N) is 1. The highest BCUT2D eigenvalue weighted by molar-refractivity contribution is 5.98. The zero-order chi connectivity index (χ0) is 17.1. The summed E-state index contributed by atoms with van der Waals surface area (Å²) in [6.07, 6.45) is 1.98. The normalized spacial score (nSPS) is 12.7. The van der Waals surface area contributed by atoms with Crippen LogP contribution in [0.25, 0.3) is 0 Å². The number of hydrogen-bond acceptors (Lipinski definition) is 4. The van der Waals surface area contributed by atoms with Gasteiger partial charge in [0.05, 0.1) is 0 Å². The minimum absolute atomic E-state index is 0.157. The van der Waals surface area contributed by atoms with Crippen LogP contribution in [0, 0.1) is 0 Å². The third kappa shape index (κ3) is 3.19. The molecule has 0 radical (unpaired) electrons. The first-order chi connectivity index (χ1) is 11.6. The van der Waals surface area contributed by atoms with Crippen LogP contribution in [0.3, 0.4) is 0 Å². The second kappa shape index (κ2) is 6.66. The molecule has 124 valence electrons. The smallest absolute Gasteiger partial charge is 0.356 e. The molecule has 1 aromatic heterocycles. The van der Waals surface area contributed by atoms with Crippen molar-refractivity contribution in [2.24, 2.45) is 0 Å². The highest BCUT2D eigenvalue weighted by Gasteiger charge is 2.24. The Hall–Kier alpha value is -2.96. The van der Waals surface area contributed by atoms with Gasteiger partial charge in [0.25, 0.3) is 5.56 Å². The molecule has 0 saturated carbocycles. The average Bonchev–Trinajstić information content (AvgIpc) is 3.05. The first-order valence-corrected chi connectivity index (χ1v) is 7.77. The highest BCUT2D eigenvalue weighted by atomic mass is 16.4. The molecule has 0 atom stereocenters. The highest BCUT2D eigenvalue weighted by Crippen LogP contribution is 2.16. The van der Waals surface area contributed by atoms with Gasteiger partial charge in [-0.25, -0.2) is 9.78 Å². The second-order valence-electron chi connectivity index (χ2n) is 5.65. The third-order valence-electron chi connectivity index (χ3n) is 3.98. The van der Waals surface area contributed by atoms with E-state index in [1.807, 2.05) is 30.3 Å². The lowest BCUT2D eigenvalue weighted by Gasteiger charge is -2.11. The molecule has 2 aromatic rings. The molecular formula is C17H17N3O4. The van der Waals surface area contributed by atoms with Crippen molar-refractivity contribution in [3.8, 4) is 0 Å². The van der Waals surface area contributed by atoms with Crippen molar-refractivity contribution in [3.05, 3.63) is 57.8 Å². The number of hydrogen-bond donors (Lipinski definition) is 2. The lowest BCUT2D eigenvalue weighted by molar-refractivity contribution is -0.116. The van der Waals surface area contributed by atoms with E-state index < -0.39 is 17.4 Å². The first kappa shape index (κ1) is 15.9. The van der Waals surface area contributed by atoms with Gasteiger partial charge in [-0.05, 0) is 18.4 Å². The summed E-state index contributed by atoms with van der Waals surface area (Å²) in [5.74, 6) is -1.26.